The van der Waals surface area contributed by atoms with Crippen LogP contribution in [0.2, 0.25) is 0 Å². The third-order valence-electron chi connectivity index (χ3n) is 3.44. The summed E-state index contributed by atoms with van der Waals surface area (Å²) >= 11 is 0. The molecule has 1 aliphatic rings. The van der Waals surface area contributed by atoms with E-state index >= 15 is 0 Å². The average molecular weight is 329 g/mol. The third kappa shape index (κ3) is 4.02. The minimum atomic E-state index is -1.58. The Kier molecular flexibility index (Phi) is 5.61. The fraction of sp³-hybridized carbons (Fsp3) is 0.500. The van der Waals surface area contributed by atoms with E-state index in [-0.39, 0.29) is 0 Å². The predicted octanol–water partition coefficient (Wildman–Crippen LogP) is -0.196. The Hall–Kier alpha value is -2.07. The molecule has 5 atom stereocenters. The van der Waals surface area contributed by atoms with Gasteiger partial charge in [-0.15, -0.1) is 0 Å². The number of nitrogen functional groups attached to an aromatic ring is 1. The largest absolute Gasteiger partial charge is 0.506 e. The highest BCUT2D eigenvalue weighted by Crippen LogP contribution is 2.28. The quantitative estimate of drug-likeness (QED) is 0.427. The van der Waals surface area contributed by atoms with Gasteiger partial charge in [-0.05, 0) is 24.3 Å². The second kappa shape index (κ2) is 7.47. The van der Waals surface area contributed by atoms with Gasteiger partial charge >= 0.3 is 6.16 Å². The van der Waals surface area contributed by atoms with Crippen molar-refractivity contribution in [3.63, 3.8) is 0 Å². The van der Waals surface area contributed by atoms with Crippen molar-refractivity contribution < 1.29 is 39.1 Å². The Bertz CT molecular complexity index is 522. The van der Waals surface area contributed by atoms with Gasteiger partial charge in [0.1, 0.15) is 18.0 Å². The number of benzene rings is 1. The van der Waals surface area contributed by atoms with E-state index in [2.05, 4.69) is 4.74 Å². The number of nitrogens with two attached hydrogens (primary N) is 1. The number of hydrogen-bond acceptors (Lipinski definition) is 8. The molecule has 0 aromatic heterocycles. The highest BCUT2D eigenvalue weighted by atomic mass is 16.7. The number of anilines is 1. The maximum atomic E-state index is 10.8. The summed E-state index contributed by atoms with van der Waals surface area (Å²) < 4.78 is 20.9. The highest BCUT2D eigenvalue weighted by Gasteiger charge is 2.49. The van der Waals surface area contributed by atoms with Crippen molar-refractivity contribution in [2.24, 2.45) is 0 Å². The lowest BCUT2D eigenvalue weighted by Gasteiger charge is -2.42. The van der Waals surface area contributed by atoms with E-state index < -0.39 is 43.5 Å². The average Bonchev–Trinajstić information content (AvgIpc) is 2.52. The van der Waals surface area contributed by atoms with Gasteiger partial charge in [0, 0.05) is 12.8 Å². The number of hydrogen-bond donors (Lipinski definition) is 4. The number of aliphatic hydroxyl groups is 2. The summed E-state index contributed by atoms with van der Waals surface area (Å²) in [7, 11) is 1.30. The molecule has 0 radical (unpaired) electrons. The Morgan fingerprint density at radius 3 is 2.48 bits per heavy atom. The Morgan fingerprint density at radius 2 is 1.96 bits per heavy atom. The molecule has 1 aliphatic heterocycles. The van der Waals surface area contributed by atoms with Crippen molar-refractivity contribution in [2.45, 2.75) is 30.7 Å². The van der Waals surface area contributed by atoms with Crippen molar-refractivity contribution in [2.75, 3.05) is 19.5 Å². The van der Waals surface area contributed by atoms with Crippen LogP contribution in [0.25, 0.3) is 0 Å². The van der Waals surface area contributed by atoms with Gasteiger partial charge in [0.15, 0.2) is 12.2 Å². The topological polar surface area (TPSA) is 141 Å². The molecule has 0 spiro atoms. The van der Waals surface area contributed by atoms with Gasteiger partial charge < -0.3 is 40.0 Å². The molecule has 5 N–H and O–H groups in total. The molecule has 9 heteroatoms. The lowest BCUT2D eigenvalue weighted by molar-refractivity contribution is -0.283. The zero-order valence-corrected chi connectivity index (χ0v) is 12.4. The number of carbonyl (C=O) groups is 1. The smallest absolute Gasteiger partial charge is 0.462 e. The third-order valence-corrected chi connectivity index (χ3v) is 3.44. The van der Waals surface area contributed by atoms with Crippen LogP contribution in [0.15, 0.2) is 24.3 Å². The summed E-state index contributed by atoms with van der Waals surface area (Å²) in [5.74, 6) is 0.397. The number of aliphatic hydroxyl groups excluding tert-OH is 2. The highest BCUT2D eigenvalue weighted by molar-refractivity contribution is 5.57. The monoisotopic (exact) mass is 329 g/mol. The molecule has 1 fully saturated rings. The van der Waals surface area contributed by atoms with Crippen LogP contribution in [0.3, 0.4) is 0 Å². The Morgan fingerprint density at radius 1 is 1.30 bits per heavy atom. The SMILES string of the molecule is CO[C@@H]1[C@@H](Oc2ccc(N)cc2)O[C@H](CO)[C@@H](O)[C@@H]1OC(=O)O. The zero-order chi connectivity index (χ0) is 17.0. The van der Waals surface area contributed by atoms with Crippen LogP contribution in [-0.4, -0.2) is 65.9 Å². The second-order valence-corrected chi connectivity index (χ2v) is 4.95. The molecule has 0 aliphatic carbocycles. The van der Waals surface area contributed by atoms with Crippen LogP contribution in [0.4, 0.5) is 10.5 Å². The molecule has 0 unspecified atom stereocenters. The van der Waals surface area contributed by atoms with Gasteiger partial charge in [0.25, 0.3) is 0 Å². The van der Waals surface area contributed by atoms with E-state index in [4.69, 9.17) is 25.1 Å². The number of carboxylic acid groups (broad SMARTS) is 1. The number of methoxy groups -OCH3 is 1. The van der Waals surface area contributed by atoms with Crippen LogP contribution >= 0.6 is 0 Å². The molecule has 0 amide bonds. The zero-order valence-electron chi connectivity index (χ0n) is 12.4. The van der Waals surface area contributed by atoms with Crippen LogP contribution < -0.4 is 10.5 Å². The standard InChI is InChI=1S/C14H19NO8/c1-20-12-11(23-14(18)19)10(17)9(6-16)22-13(12)21-8-4-2-7(15)3-5-8/h2-5,9-13,16-17H,6,15H2,1H3,(H,18,19)/t9-,10-,11+,12+,13+/m1/s1. The first-order chi connectivity index (χ1) is 11.0. The molecule has 23 heavy (non-hydrogen) atoms. The molecule has 1 heterocycles. The van der Waals surface area contributed by atoms with Crippen molar-refractivity contribution in [1.82, 2.24) is 0 Å². The molecule has 1 saturated heterocycles. The lowest BCUT2D eigenvalue weighted by atomic mass is 9.99. The van der Waals surface area contributed by atoms with Crippen LogP contribution in [0, 0.1) is 0 Å². The van der Waals surface area contributed by atoms with Gasteiger partial charge in [-0.1, -0.05) is 0 Å². The first-order valence-corrected chi connectivity index (χ1v) is 6.85. The van der Waals surface area contributed by atoms with E-state index in [1.807, 2.05) is 0 Å². The van der Waals surface area contributed by atoms with E-state index in [1.54, 1.807) is 24.3 Å². The Labute approximate surface area is 132 Å². The first-order valence-electron chi connectivity index (χ1n) is 6.85. The summed E-state index contributed by atoms with van der Waals surface area (Å²) in [5.41, 5.74) is 6.13. The van der Waals surface area contributed by atoms with Crippen molar-refractivity contribution in [3.05, 3.63) is 24.3 Å². The van der Waals surface area contributed by atoms with Crippen LogP contribution in [-0.2, 0) is 14.2 Å². The fourth-order valence-electron chi connectivity index (χ4n) is 2.32. The predicted molar refractivity (Wildman–Crippen MR) is 76.9 cm³/mol. The summed E-state index contributed by atoms with van der Waals surface area (Å²) in [6.07, 6.45) is -7.45. The fourth-order valence-corrected chi connectivity index (χ4v) is 2.32. The second-order valence-electron chi connectivity index (χ2n) is 4.95. The van der Waals surface area contributed by atoms with E-state index in [9.17, 15) is 15.0 Å². The molecule has 9 nitrogen and oxygen atoms in total. The van der Waals surface area contributed by atoms with Gasteiger partial charge in [-0.3, -0.25) is 0 Å². The Balaban J connectivity index is 2.21. The molecular formula is C14H19NO8. The normalized spacial score (nSPS) is 30.7. The van der Waals surface area contributed by atoms with Gasteiger partial charge in [-0.25, -0.2) is 4.79 Å². The summed E-state index contributed by atoms with van der Waals surface area (Å²) in [5, 5.41) is 28.2. The lowest BCUT2D eigenvalue weighted by Crippen LogP contribution is -2.61. The maximum absolute atomic E-state index is 10.8. The molecule has 1 aromatic carbocycles. The van der Waals surface area contributed by atoms with E-state index in [1.165, 1.54) is 7.11 Å². The number of ether oxygens (including phenoxy) is 4. The van der Waals surface area contributed by atoms with Crippen LogP contribution in [0.5, 0.6) is 5.75 Å². The van der Waals surface area contributed by atoms with Crippen LogP contribution in [0.1, 0.15) is 0 Å². The van der Waals surface area contributed by atoms with Crippen molar-refractivity contribution in [1.29, 1.82) is 0 Å². The van der Waals surface area contributed by atoms with Crippen molar-refractivity contribution in [3.8, 4) is 5.75 Å². The van der Waals surface area contributed by atoms with Gasteiger partial charge in [0.05, 0.1) is 6.61 Å². The number of rotatable bonds is 5. The molecule has 2 rings (SSSR count). The molecule has 0 saturated carbocycles. The molecule has 1 aromatic rings. The minimum absolute atomic E-state index is 0.397. The summed E-state index contributed by atoms with van der Waals surface area (Å²) in [6.45, 7) is -0.543. The minimum Gasteiger partial charge on any atom is -0.462 e. The van der Waals surface area contributed by atoms with Gasteiger partial charge in [0.2, 0.25) is 6.29 Å². The van der Waals surface area contributed by atoms with Crippen molar-refractivity contribution >= 4 is 11.8 Å². The molecule has 128 valence electrons. The maximum Gasteiger partial charge on any atom is 0.506 e. The summed E-state index contributed by atoms with van der Waals surface area (Å²) in [6, 6.07) is 6.42. The first kappa shape index (κ1) is 17.3. The van der Waals surface area contributed by atoms with E-state index in [0.717, 1.165) is 0 Å². The van der Waals surface area contributed by atoms with E-state index in [0.29, 0.717) is 11.4 Å². The van der Waals surface area contributed by atoms with Gasteiger partial charge in [-0.2, -0.15) is 0 Å². The summed E-state index contributed by atoms with van der Waals surface area (Å²) in [4.78, 5) is 10.8. The molecule has 0 bridgehead atoms. The molecular weight excluding hydrogens is 310 g/mol.